The Balaban J connectivity index is 1.72. The summed E-state index contributed by atoms with van der Waals surface area (Å²) in [7, 11) is 0. The summed E-state index contributed by atoms with van der Waals surface area (Å²) >= 11 is 1.61. The van der Waals surface area contributed by atoms with Gasteiger partial charge in [-0.25, -0.2) is 4.39 Å². The Labute approximate surface area is 150 Å². The summed E-state index contributed by atoms with van der Waals surface area (Å²) < 4.78 is 13.2. The number of anilines is 2. The molecule has 1 heterocycles. The Morgan fingerprint density at radius 3 is 2.80 bits per heavy atom. The van der Waals surface area contributed by atoms with Gasteiger partial charge < -0.3 is 10.2 Å². The minimum Gasteiger partial charge on any atom is -0.326 e. The van der Waals surface area contributed by atoms with Crippen molar-refractivity contribution in [1.82, 2.24) is 0 Å². The predicted octanol–water partition coefficient (Wildman–Crippen LogP) is 3.85. The maximum Gasteiger partial charge on any atom is 0.229 e. The minimum atomic E-state index is -0.421. The number of halogens is 1. The van der Waals surface area contributed by atoms with Crippen LogP contribution in [-0.4, -0.2) is 24.6 Å². The van der Waals surface area contributed by atoms with E-state index in [0.717, 1.165) is 10.6 Å². The van der Waals surface area contributed by atoms with E-state index in [1.165, 1.54) is 12.1 Å². The molecule has 2 amide bonds. The maximum atomic E-state index is 13.2. The van der Waals surface area contributed by atoms with Crippen LogP contribution in [0.4, 0.5) is 15.8 Å². The average Bonchev–Trinajstić information content (AvgIpc) is 2.99. The molecule has 1 N–H and O–H groups in total. The first-order valence-corrected chi connectivity index (χ1v) is 9.22. The van der Waals surface area contributed by atoms with E-state index in [1.807, 2.05) is 30.5 Å². The Kier molecular flexibility index (Phi) is 5.08. The zero-order chi connectivity index (χ0) is 18.0. The number of aryl methyl sites for hydroxylation is 1. The van der Waals surface area contributed by atoms with E-state index in [0.29, 0.717) is 17.8 Å². The van der Waals surface area contributed by atoms with Crippen molar-refractivity contribution in [3.8, 4) is 0 Å². The Morgan fingerprint density at radius 1 is 1.28 bits per heavy atom. The molecule has 0 spiro atoms. The molecule has 2 aromatic carbocycles. The van der Waals surface area contributed by atoms with Crippen molar-refractivity contribution in [1.29, 1.82) is 0 Å². The number of carbonyl (C=O) groups is 2. The molecule has 0 aromatic heterocycles. The van der Waals surface area contributed by atoms with Crippen LogP contribution in [-0.2, 0) is 9.59 Å². The largest absolute Gasteiger partial charge is 0.326 e. The summed E-state index contributed by atoms with van der Waals surface area (Å²) in [5, 5.41) is 2.81. The fraction of sp³-hybridized carbons (Fsp3) is 0.263. The first kappa shape index (κ1) is 17.5. The van der Waals surface area contributed by atoms with Gasteiger partial charge in [0.25, 0.3) is 0 Å². The highest BCUT2D eigenvalue weighted by Crippen LogP contribution is 2.29. The number of nitrogens with zero attached hydrogens (tertiary/aromatic N) is 1. The second-order valence-corrected chi connectivity index (χ2v) is 6.94. The molecule has 1 fully saturated rings. The molecule has 1 aliphatic heterocycles. The van der Waals surface area contributed by atoms with Gasteiger partial charge in [-0.3, -0.25) is 9.59 Å². The van der Waals surface area contributed by atoms with Crippen LogP contribution in [0.2, 0.25) is 0 Å². The zero-order valence-corrected chi connectivity index (χ0v) is 14.9. The van der Waals surface area contributed by atoms with Gasteiger partial charge >= 0.3 is 0 Å². The SMILES string of the molecule is CSc1cccc(N2C[C@@H](C(=O)Nc3ccc(F)cc3C)CC2=O)c1. The number of rotatable bonds is 4. The second-order valence-electron chi connectivity index (χ2n) is 6.06. The molecule has 0 unspecified atom stereocenters. The van der Waals surface area contributed by atoms with Crippen LogP contribution in [0.5, 0.6) is 0 Å². The number of hydrogen-bond donors (Lipinski definition) is 1. The van der Waals surface area contributed by atoms with Gasteiger partial charge in [0.2, 0.25) is 11.8 Å². The summed E-state index contributed by atoms with van der Waals surface area (Å²) in [6, 6.07) is 11.9. The van der Waals surface area contributed by atoms with Crippen molar-refractivity contribution in [3.63, 3.8) is 0 Å². The lowest BCUT2D eigenvalue weighted by atomic mass is 10.1. The van der Waals surface area contributed by atoms with E-state index in [-0.39, 0.29) is 24.1 Å². The van der Waals surface area contributed by atoms with E-state index < -0.39 is 5.92 Å². The van der Waals surface area contributed by atoms with E-state index in [4.69, 9.17) is 0 Å². The molecule has 1 atom stereocenters. The predicted molar refractivity (Wildman–Crippen MR) is 98.4 cm³/mol. The summed E-state index contributed by atoms with van der Waals surface area (Å²) in [4.78, 5) is 27.6. The van der Waals surface area contributed by atoms with Crippen LogP contribution >= 0.6 is 11.8 Å². The van der Waals surface area contributed by atoms with Crippen LogP contribution < -0.4 is 10.2 Å². The van der Waals surface area contributed by atoms with Crippen molar-refractivity contribution in [3.05, 3.63) is 53.8 Å². The van der Waals surface area contributed by atoms with Gasteiger partial charge in [0.15, 0.2) is 0 Å². The van der Waals surface area contributed by atoms with Gasteiger partial charge in [-0.15, -0.1) is 11.8 Å². The molecule has 0 radical (unpaired) electrons. The van der Waals surface area contributed by atoms with Crippen molar-refractivity contribution in [2.45, 2.75) is 18.2 Å². The minimum absolute atomic E-state index is 0.0609. The molecule has 1 saturated heterocycles. The van der Waals surface area contributed by atoms with Gasteiger partial charge in [-0.1, -0.05) is 6.07 Å². The third-order valence-corrected chi connectivity index (χ3v) is 5.03. The molecular weight excluding hydrogens is 339 g/mol. The summed E-state index contributed by atoms with van der Waals surface area (Å²) in [5.41, 5.74) is 2.04. The summed E-state index contributed by atoms with van der Waals surface area (Å²) in [6.45, 7) is 2.08. The highest BCUT2D eigenvalue weighted by atomic mass is 32.2. The number of carbonyl (C=O) groups excluding carboxylic acids is 2. The van der Waals surface area contributed by atoms with E-state index in [9.17, 15) is 14.0 Å². The number of hydrogen-bond acceptors (Lipinski definition) is 3. The second kappa shape index (κ2) is 7.27. The lowest BCUT2D eigenvalue weighted by Crippen LogP contribution is -2.28. The highest BCUT2D eigenvalue weighted by Gasteiger charge is 2.35. The summed E-state index contributed by atoms with van der Waals surface area (Å²) in [6.07, 6.45) is 2.15. The maximum absolute atomic E-state index is 13.2. The topological polar surface area (TPSA) is 49.4 Å². The normalized spacial score (nSPS) is 17.0. The van der Waals surface area contributed by atoms with Crippen molar-refractivity contribution >= 4 is 35.0 Å². The van der Waals surface area contributed by atoms with E-state index >= 15 is 0 Å². The van der Waals surface area contributed by atoms with Crippen molar-refractivity contribution < 1.29 is 14.0 Å². The monoisotopic (exact) mass is 358 g/mol. The smallest absolute Gasteiger partial charge is 0.229 e. The quantitative estimate of drug-likeness (QED) is 0.845. The third-order valence-electron chi connectivity index (χ3n) is 4.31. The van der Waals surface area contributed by atoms with Gasteiger partial charge in [0.05, 0.1) is 5.92 Å². The molecule has 2 aromatic rings. The number of amides is 2. The standard InChI is InChI=1S/C19H19FN2O2S/c1-12-8-14(20)6-7-17(12)21-19(24)13-9-18(23)22(11-13)15-4-3-5-16(10-15)25-2/h3-8,10,13H,9,11H2,1-2H3,(H,21,24)/t13-/m0/s1. The molecule has 1 aliphatic rings. The van der Waals surface area contributed by atoms with Gasteiger partial charge in [-0.05, 0) is 55.1 Å². The average molecular weight is 358 g/mol. The molecule has 3 rings (SSSR count). The number of thioether (sulfide) groups is 1. The van der Waals surface area contributed by atoms with Crippen LogP contribution in [0.15, 0.2) is 47.4 Å². The Bertz CT molecular complexity index is 825. The molecule has 6 heteroatoms. The van der Waals surface area contributed by atoms with Gasteiger partial charge in [0, 0.05) is 29.2 Å². The van der Waals surface area contributed by atoms with Crippen LogP contribution in [0.3, 0.4) is 0 Å². The van der Waals surface area contributed by atoms with Crippen LogP contribution in [0.25, 0.3) is 0 Å². The zero-order valence-electron chi connectivity index (χ0n) is 14.1. The van der Waals surface area contributed by atoms with Crippen LogP contribution in [0.1, 0.15) is 12.0 Å². The van der Waals surface area contributed by atoms with Crippen molar-refractivity contribution in [2.24, 2.45) is 5.92 Å². The van der Waals surface area contributed by atoms with Gasteiger partial charge in [0.1, 0.15) is 5.82 Å². The van der Waals surface area contributed by atoms with Crippen molar-refractivity contribution in [2.75, 3.05) is 23.0 Å². The van der Waals surface area contributed by atoms with Crippen LogP contribution in [0, 0.1) is 18.7 Å². The molecular formula is C19H19FN2O2S. The van der Waals surface area contributed by atoms with E-state index in [2.05, 4.69) is 5.32 Å². The molecule has 130 valence electrons. The number of nitrogens with one attached hydrogen (secondary N) is 1. The molecule has 0 aliphatic carbocycles. The first-order valence-electron chi connectivity index (χ1n) is 7.99. The Hall–Kier alpha value is -2.34. The fourth-order valence-corrected chi connectivity index (χ4v) is 3.37. The fourth-order valence-electron chi connectivity index (χ4n) is 2.91. The molecule has 0 bridgehead atoms. The summed E-state index contributed by atoms with van der Waals surface area (Å²) in [5.74, 6) is -1.04. The van der Waals surface area contributed by atoms with E-state index in [1.54, 1.807) is 29.7 Å². The molecule has 4 nitrogen and oxygen atoms in total. The first-order chi connectivity index (χ1) is 12.0. The third kappa shape index (κ3) is 3.85. The highest BCUT2D eigenvalue weighted by molar-refractivity contribution is 7.98. The molecule has 25 heavy (non-hydrogen) atoms. The lowest BCUT2D eigenvalue weighted by Gasteiger charge is -2.17. The lowest BCUT2D eigenvalue weighted by molar-refractivity contribution is -0.122. The Morgan fingerprint density at radius 2 is 2.08 bits per heavy atom. The van der Waals surface area contributed by atoms with Gasteiger partial charge in [-0.2, -0.15) is 0 Å². The number of benzene rings is 2. The molecule has 0 saturated carbocycles.